The molecule has 8 heteroatoms. The van der Waals surface area contributed by atoms with E-state index < -0.39 is 4.92 Å². The number of aromatic nitrogens is 2. The number of nitro groups is 1. The van der Waals surface area contributed by atoms with Gasteiger partial charge in [0.15, 0.2) is 5.16 Å². The van der Waals surface area contributed by atoms with E-state index in [1.54, 1.807) is 19.2 Å². The lowest BCUT2D eigenvalue weighted by Gasteiger charge is -2.09. The third-order valence-corrected chi connectivity index (χ3v) is 3.27. The fraction of sp³-hybridized carbons (Fsp3) is 0.231. The van der Waals surface area contributed by atoms with Gasteiger partial charge in [-0.3, -0.25) is 10.1 Å². The van der Waals surface area contributed by atoms with Gasteiger partial charge in [-0.1, -0.05) is 11.8 Å². The van der Waals surface area contributed by atoms with Gasteiger partial charge in [0.2, 0.25) is 5.88 Å². The van der Waals surface area contributed by atoms with Crippen LogP contribution in [-0.4, -0.2) is 28.2 Å². The van der Waals surface area contributed by atoms with Crippen molar-refractivity contribution in [1.29, 1.82) is 0 Å². The summed E-state index contributed by atoms with van der Waals surface area (Å²) < 4.78 is 5.68. The zero-order valence-corrected chi connectivity index (χ0v) is 12.6. The summed E-state index contributed by atoms with van der Waals surface area (Å²) in [5.41, 5.74) is 0.763. The number of nitro benzene ring substituents is 1. The van der Waals surface area contributed by atoms with Crippen molar-refractivity contribution in [3.8, 4) is 11.6 Å². The minimum Gasteiger partial charge on any atom is -0.438 e. The number of anilines is 1. The average molecular weight is 306 g/mol. The molecule has 110 valence electrons. The van der Waals surface area contributed by atoms with Crippen molar-refractivity contribution in [3.63, 3.8) is 0 Å². The molecule has 1 aromatic heterocycles. The van der Waals surface area contributed by atoms with Gasteiger partial charge < -0.3 is 10.1 Å². The van der Waals surface area contributed by atoms with Crippen LogP contribution in [0.3, 0.4) is 0 Å². The van der Waals surface area contributed by atoms with Crippen LogP contribution < -0.4 is 10.1 Å². The molecule has 0 atom stereocenters. The van der Waals surface area contributed by atoms with Gasteiger partial charge in [-0.15, -0.1) is 0 Å². The molecule has 0 spiro atoms. The Labute approximate surface area is 125 Å². The minimum atomic E-state index is -0.460. The monoisotopic (exact) mass is 306 g/mol. The number of hydrogen-bond donors (Lipinski definition) is 1. The van der Waals surface area contributed by atoms with Crippen molar-refractivity contribution in [2.45, 2.75) is 12.1 Å². The number of thioether (sulfide) groups is 1. The minimum absolute atomic E-state index is 0.0245. The summed E-state index contributed by atoms with van der Waals surface area (Å²) in [6.07, 6.45) is 1.86. The highest BCUT2D eigenvalue weighted by molar-refractivity contribution is 7.98. The van der Waals surface area contributed by atoms with Gasteiger partial charge in [0.05, 0.1) is 11.0 Å². The van der Waals surface area contributed by atoms with Crippen molar-refractivity contribution in [2.24, 2.45) is 0 Å². The summed E-state index contributed by atoms with van der Waals surface area (Å²) in [6.45, 7) is 1.81. The summed E-state index contributed by atoms with van der Waals surface area (Å²) in [5, 5.41) is 14.3. The first-order valence-corrected chi connectivity index (χ1v) is 7.29. The third kappa shape index (κ3) is 3.60. The largest absolute Gasteiger partial charge is 0.438 e. The van der Waals surface area contributed by atoms with Crippen LogP contribution in [-0.2, 0) is 0 Å². The molecule has 0 radical (unpaired) electrons. The topological polar surface area (TPSA) is 90.2 Å². The first-order valence-electron chi connectivity index (χ1n) is 6.07. The highest BCUT2D eigenvalue weighted by Gasteiger charge is 2.12. The first-order chi connectivity index (χ1) is 10.0. The first kappa shape index (κ1) is 15.0. The number of nitrogens with one attached hydrogen (secondary N) is 1. The molecule has 2 rings (SSSR count). The van der Waals surface area contributed by atoms with Crippen LogP contribution >= 0.6 is 11.8 Å². The second-order valence-electron chi connectivity index (χ2n) is 4.14. The molecule has 0 saturated heterocycles. The second-order valence-corrected chi connectivity index (χ2v) is 4.91. The molecule has 7 nitrogen and oxygen atoms in total. The third-order valence-electron chi connectivity index (χ3n) is 2.72. The molecule has 2 aromatic rings. The van der Waals surface area contributed by atoms with Crippen LogP contribution in [0.25, 0.3) is 0 Å². The van der Waals surface area contributed by atoms with Crippen LogP contribution in [0.2, 0.25) is 0 Å². The molecule has 0 amide bonds. The smallest absolute Gasteiger partial charge is 0.273 e. The molecule has 0 bridgehead atoms. The molecule has 0 fully saturated rings. The number of ether oxygens (including phenoxy) is 1. The Hall–Kier alpha value is -2.35. The Kier molecular flexibility index (Phi) is 4.59. The highest BCUT2D eigenvalue weighted by Crippen LogP contribution is 2.29. The van der Waals surface area contributed by atoms with Gasteiger partial charge in [0.25, 0.3) is 5.69 Å². The van der Waals surface area contributed by atoms with Crippen molar-refractivity contribution in [1.82, 2.24) is 9.97 Å². The molecule has 21 heavy (non-hydrogen) atoms. The number of nitrogens with zero attached hydrogens (tertiary/aromatic N) is 3. The van der Waals surface area contributed by atoms with Crippen molar-refractivity contribution in [2.75, 3.05) is 18.6 Å². The summed E-state index contributed by atoms with van der Waals surface area (Å²) in [7, 11) is 1.74. The van der Waals surface area contributed by atoms with E-state index in [1.807, 2.05) is 13.2 Å². The fourth-order valence-corrected chi connectivity index (χ4v) is 1.97. The quantitative estimate of drug-likeness (QED) is 0.392. The van der Waals surface area contributed by atoms with E-state index in [-0.39, 0.29) is 5.69 Å². The van der Waals surface area contributed by atoms with Gasteiger partial charge in [-0.2, -0.15) is 4.98 Å². The van der Waals surface area contributed by atoms with E-state index in [1.165, 1.54) is 23.9 Å². The van der Waals surface area contributed by atoms with E-state index in [0.717, 1.165) is 5.56 Å². The Morgan fingerprint density at radius 2 is 2.10 bits per heavy atom. The lowest BCUT2D eigenvalue weighted by Crippen LogP contribution is -1.99. The standard InChI is InChI=1S/C13H14N4O3S/c1-8-4-5-9(17(18)19)6-10(8)20-12-7-11(14-2)15-13(16-12)21-3/h4-7H,1-3H3,(H,14,15,16). The van der Waals surface area contributed by atoms with Gasteiger partial charge in [0, 0.05) is 19.2 Å². The Balaban J connectivity index is 2.37. The van der Waals surface area contributed by atoms with Crippen molar-refractivity contribution < 1.29 is 9.66 Å². The van der Waals surface area contributed by atoms with Crippen LogP contribution in [0.5, 0.6) is 11.6 Å². The average Bonchev–Trinajstić information content (AvgIpc) is 2.48. The second kappa shape index (κ2) is 6.40. The van der Waals surface area contributed by atoms with E-state index in [2.05, 4.69) is 15.3 Å². The highest BCUT2D eigenvalue weighted by atomic mass is 32.2. The van der Waals surface area contributed by atoms with Gasteiger partial charge in [-0.05, 0) is 24.8 Å². The Bertz CT molecular complexity index is 656. The normalized spacial score (nSPS) is 10.2. The van der Waals surface area contributed by atoms with Gasteiger partial charge in [0.1, 0.15) is 11.6 Å². The fourth-order valence-electron chi connectivity index (χ4n) is 1.60. The van der Waals surface area contributed by atoms with Crippen LogP contribution in [0.15, 0.2) is 29.4 Å². The molecular weight excluding hydrogens is 292 g/mol. The van der Waals surface area contributed by atoms with E-state index in [0.29, 0.717) is 22.6 Å². The van der Waals surface area contributed by atoms with Crippen LogP contribution in [0.4, 0.5) is 11.5 Å². The number of aryl methyl sites for hydroxylation is 1. The van der Waals surface area contributed by atoms with Gasteiger partial charge in [-0.25, -0.2) is 4.98 Å². The Morgan fingerprint density at radius 1 is 1.33 bits per heavy atom. The molecule has 0 aliphatic carbocycles. The number of benzene rings is 1. The number of rotatable bonds is 5. The van der Waals surface area contributed by atoms with Crippen molar-refractivity contribution in [3.05, 3.63) is 39.9 Å². The van der Waals surface area contributed by atoms with E-state index in [9.17, 15) is 10.1 Å². The molecule has 1 heterocycles. The predicted molar refractivity (Wildman–Crippen MR) is 81.3 cm³/mol. The van der Waals surface area contributed by atoms with Crippen molar-refractivity contribution >= 4 is 23.3 Å². The molecule has 0 aliphatic heterocycles. The lowest BCUT2D eigenvalue weighted by molar-refractivity contribution is -0.384. The molecule has 0 unspecified atom stereocenters. The Morgan fingerprint density at radius 3 is 2.71 bits per heavy atom. The summed E-state index contributed by atoms with van der Waals surface area (Å²) in [4.78, 5) is 18.8. The van der Waals surface area contributed by atoms with E-state index in [4.69, 9.17) is 4.74 Å². The molecule has 0 aliphatic rings. The molecule has 1 N–H and O–H groups in total. The summed E-state index contributed by atoms with van der Waals surface area (Å²) in [5.74, 6) is 1.35. The molecule has 0 saturated carbocycles. The zero-order chi connectivity index (χ0) is 15.4. The summed E-state index contributed by atoms with van der Waals surface area (Å²) >= 11 is 1.38. The maximum atomic E-state index is 10.8. The maximum Gasteiger partial charge on any atom is 0.273 e. The number of hydrogen-bond acceptors (Lipinski definition) is 7. The zero-order valence-electron chi connectivity index (χ0n) is 11.8. The predicted octanol–water partition coefficient (Wildman–Crippen LogP) is 3.25. The SMILES string of the molecule is CNc1cc(Oc2cc([N+](=O)[O-])ccc2C)nc(SC)n1. The number of non-ortho nitro benzene ring substituents is 1. The molecule has 1 aromatic carbocycles. The van der Waals surface area contributed by atoms with Gasteiger partial charge >= 0.3 is 0 Å². The van der Waals surface area contributed by atoms with Crippen LogP contribution in [0.1, 0.15) is 5.56 Å². The summed E-state index contributed by atoms with van der Waals surface area (Å²) in [6, 6.07) is 6.10. The van der Waals surface area contributed by atoms with E-state index >= 15 is 0 Å². The van der Waals surface area contributed by atoms with Crippen LogP contribution in [0, 0.1) is 17.0 Å². The maximum absolute atomic E-state index is 10.8. The lowest BCUT2D eigenvalue weighted by atomic mass is 10.2. The molecular formula is C13H14N4O3S.